The average molecular weight is 361 g/mol. The SMILES string of the molecule is COc1ccccc1C(=O)Nc1ccc(-c2nc3ccccc3s2)cn1. The van der Waals surface area contributed by atoms with Gasteiger partial charge in [-0.2, -0.15) is 0 Å². The summed E-state index contributed by atoms with van der Waals surface area (Å²) in [4.78, 5) is 21.4. The number of pyridine rings is 1. The summed E-state index contributed by atoms with van der Waals surface area (Å²) in [5.41, 5.74) is 2.36. The van der Waals surface area contributed by atoms with Crippen molar-refractivity contribution in [2.24, 2.45) is 0 Å². The van der Waals surface area contributed by atoms with Gasteiger partial charge in [-0.15, -0.1) is 11.3 Å². The lowest BCUT2D eigenvalue weighted by atomic mass is 10.2. The van der Waals surface area contributed by atoms with Crippen LogP contribution in [-0.4, -0.2) is 23.0 Å². The number of thiazole rings is 1. The molecular formula is C20H15N3O2S. The summed E-state index contributed by atoms with van der Waals surface area (Å²) in [7, 11) is 1.54. The van der Waals surface area contributed by atoms with Crippen molar-refractivity contribution in [2.45, 2.75) is 0 Å². The number of carbonyl (C=O) groups is 1. The highest BCUT2D eigenvalue weighted by Gasteiger charge is 2.12. The van der Waals surface area contributed by atoms with Gasteiger partial charge in [-0.3, -0.25) is 4.79 Å². The second kappa shape index (κ2) is 6.93. The number of carbonyl (C=O) groups excluding carboxylic acids is 1. The zero-order valence-corrected chi connectivity index (χ0v) is 14.8. The van der Waals surface area contributed by atoms with Gasteiger partial charge in [0.1, 0.15) is 16.6 Å². The maximum absolute atomic E-state index is 12.4. The van der Waals surface area contributed by atoms with Gasteiger partial charge in [0.15, 0.2) is 0 Å². The number of hydrogen-bond acceptors (Lipinski definition) is 5. The fraction of sp³-hybridized carbons (Fsp3) is 0.0500. The Labute approximate surface area is 154 Å². The maximum Gasteiger partial charge on any atom is 0.260 e. The summed E-state index contributed by atoms with van der Waals surface area (Å²) in [5.74, 6) is 0.740. The Balaban J connectivity index is 1.55. The summed E-state index contributed by atoms with van der Waals surface area (Å²) >= 11 is 1.62. The molecule has 26 heavy (non-hydrogen) atoms. The van der Waals surface area contributed by atoms with Gasteiger partial charge < -0.3 is 10.1 Å². The van der Waals surface area contributed by atoms with Gasteiger partial charge in [0.25, 0.3) is 5.91 Å². The molecule has 5 nitrogen and oxygen atoms in total. The Morgan fingerprint density at radius 1 is 1.04 bits per heavy atom. The van der Waals surface area contributed by atoms with Gasteiger partial charge in [-0.1, -0.05) is 24.3 Å². The number of fused-ring (bicyclic) bond motifs is 1. The van der Waals surface area contributed by atoms with Crippen LogP contribution in [0, 0.1) is 0 Å². The lowest BCUT2D eigenvalue weighted by molar-refractivity contribution is 0.102. The molecule has 0 atom stereocenters. The largest absolute Gasteiger partial charge is 0.496 e. The molecule has 0 saturated heterocycles. The van der Waals surface area contributed by atoms with Crippen molar-refractivity contribution >= 4 is 33.3 Å². The summed E-state index contributed by atoms with van der Waals surface area (Å²) < 4.78 is 6.36. The number of aromatic nitrogens is 2. The summed E-state index contributed by atoms with van der Waals surface area (Å²) in [6.07, 6.45) is 1.72. The fourth-order valence-electron chi connectivity index (χ4n) is 2.61. The highest BCUT2D eigenvalue weighted by atomic mass is 32.1. The van der Waals surface area contributed by atoms with E-state index < -0.39 is 0 Å². The van der Waals surface area contributed by atoms with Crippen molar-refractivity contribution in [3.8, 4) is 16.3 Å². The molecule has 0 bridgehead atoms. The van der Waals surface area contributed by atoms with Crippen molar-refractivity contribution in [3.05, 3.63) is 72.4 Å². The van der Waals surface area contributed by atoms with E-state index in [0.29, 0.717) is 17.1 Å². The predicted molar refractivity (Wildman–Crippen MR) is 104 cm³/mol. The molecule has 128 valence electrons. The predicted octanol–water partition coefficient (Wildman–Crippen LogP) is 4.62. The summed E-state index contributed by atoms with van der Waals surface area (Å²) in [5, 5.41) is 3.70. The number of rotatable bonds is 4. The van der Waals surface area contributed by atoms with Gasteiger partial charge in [0, 0.05) is 11.8 Å². The van der Waals surface area contributed by atoms with Crippen molar-refractivity contribution in [1.29, 1.82) is 0 Å². The molecule has 0 fully saturated rings. The molecule has 1 amide bonds. The molecule has 0 aliphatic carbocycles. The molecule has 0 saturated carbocycles. The second-order valence-corrected chi connectivity index (χ2v) is 6.60. The van der Waals surface area contributed by atoms with Gasteiger partial charge in [0.2, 0.25) is 0 Å². The van der Waals surface area contributed by atoms with Crippen LogP contribution in [0.4, 0.5) is 5.82 Å². The molecule has 2 heterocycles. The normalized spacial score (nSPS) is 10.7. The molecule has 2 aromatic heterocycles. The molecule has 1 N–H and O–H groups in total. The van der Waals surface area contributed by atoms with E-state index in [1.165, 1.54) is 7.11 Å². The van der Waals surface area contributed by atoms with E-state index in [4.69, 9.17) is 4.74 Å². The first-order valence-electron chi connectivity index (χ1n) is 8.01. The quantitative estimate of drug-likeness (QED) is 0.576. The number of anilines is 1. The molecule has 0 unspecified atom stereocenters. The maximum atomic E-state index is 12.4. The Hall–Kier alpha value is -3.25. The number of benzene rings is 2. The molecule has 0 aliphatic rings. The lowest BCUT2D eigenvalue weighted by Crippen LogP contribution is -2.13. The topological polar surface area (TPSA) is 64.1 Å². The molecular weight excluding hydrogens is 346 g/mol. The number of nitrogens with one attached hydrogen (secondary N) is 1. The zero-order chi connectivity index (χ0) is 17.9. The van der Waals surface area contributed by atoms with Crippen molar-refractivity contribution < 1.29 is 9.53 Å². The van der Waals surface area contributed by atoms with Crippen LogP contribution in [0.5, 0.6) is 5.75 Å². The van der Waals surface area contributed by atoms with Crippen molar-refractivity contribution in [2.75, 3.05) is 12.4 Å². The van der Waals surface area contributed by atoms with Crippen LogP contribution in [0.25, 0.3) is 20.8 Å². The minimum absolute atomic E-state index is 0.261. The number of nitrogens with zero attached hydrogens (tertiary/aromatic N) is 2. The number of ether oxygens (including phenoxy) is 1. The van der Waals surface area contributed by atoms with E-state index in [9.17, 15) is 4.79 Å². The second-order valence-electron chi connectivity index (χ2n) is 5.57. The smallest absolute Gasteiger partial charge is 0.260 e. The van der Waals surface area contributed by atoms with E-state index in [1.54, 1.807) is 41.8 Å². The van der Waals surface area contributed by atoms with Gasteiger partial charge in [-0.25, -0.2) is 9.97 Å². The molecule has 6 heteroatoms. The first-order valence-corrected chi connectivity index (χ1v) is 8.82. The summed E-state index contributed by atoms with van der Waals surface area (Å²) in [6, 6.07) is 18.8. The van der Waals surface area contributed by atoms with Crippen LogP contribution >= 0.6 is 11.3 Å². The molecule has 4 rings (SSSR count). The third kappa shape index (κ3) is 3.14. The average Bonchev–Trinajstić information content (AvgIpc) is 3.12. The highest BCUT2D eigenvalue weighted by molar-refractivity contribution is 7.21. The Morgan fingerprint density at radius 3 is 2.62 bits per heavy atom. The van der Waals surface area contributed by atoms with Gasteiger partial charge in [-0.05, 0) is 36.4 Å². The third-order valence-electron chi connectivity index (χ3n) is 3.90. The molecule has 0 spiro atoms. The molecule has 0 radical (unpaired) electrons. The Bertz CT molecular complexity index is 1040. The zero-order valence-electron chi connectivity index (χ0n) is 14.0. The number of amides is 1. The molecule has 4 aromatic rings. The van der Waals surface area contributed by atoms with Crippen LogP contribution < -0.4 is 10.1 Å². The minimum Gasteiger partial charge on any atom is -0.496 e. The first-order chi connectivity index (χ1) is 12.7. The molecule has 0 aliphatic heterocycles. The van der Waals surface area contributed by atoms with E-state index in [2.05, 4.69) is 15.3 Å². The Morgan fingerprint density at radius 2 is 1.85 bits per heavy atom. The fourth-order valence-corrected chi connectivity index (χ4v) is 3.56. The van der Waals surface area contributed by atoms with E-state index in [1.807, 2.05) is 36.4 Å². The number of hydrogen-bond donors (Lipinski definition) is 1. The van der Waals surface area contributed by atoms with Crippen molar-refractivity contribution in [1.82, 2.24) is 9.97 Å². The van der Waals surface area contributed by atoms with E-state index >= 15 is 0 Å². The van der Waals surface area contributed by atoms with Gasteiger partial charge in [0.05, 0.1) is 22.9 Å². The first kappa shape index (κ1) is 16.2. The molecule has 2 aromatic carbocycles. The lowest BCUT2D eigenvalue weighted by Gasteiger charge is -2.08. The van der Waals surface area contributed by atoms with Crippen LogP contribution in [0.2, 0.25) is 0 Å². The highest BCUT2D eigenvalue weighted by Crippen LogP contribution is 2.30. The van der Waals surface area contributed by atoms with E-state index in [-0.39, 0.29) is 5.91 Å². The van der Waals surface area contributed by atoms with Crippen LogP contribution in [0.15, 0.2) is 66.9 Å². The van der Waals surface area contributed by atoms with Crippen LogP contribution in [0.3, 0.4) is 0 Å². The standard InChI is InChI=1S/C20H15N3O2S/c1-25-16-8-4-2-6-14(16)19(24)23-18-11-10-13(12-21-18)20-22-15-7-3-5-9-17(15)26-20/h2-12H,1H3,(H,21,23,24). The number of para-hydroxylation sites is 2. The van der Waals surface area contributed by atoms with E-state index in [0.717, 1.165) is 20.8 Å². The Kier molecular flexibility index (Phi) is 4.33. The van der Waals surface area contributed by atoms with Crippen LogP contribution in [-0.2, 0) is 0 Å². The van der Waals surface area contributed by atoms with Crippen molar-refractivity contribution in [3.63, 3.8) is 0 Å². The minimum atomic E-state index is -0.261. The summed E-state index contributed by atoms with van der Waals surface area (Å²) in [6.45, 7) is 0. The number of methoxy groups -OCH3 is 1. The van der Waals surface area contributed by atoms with Gasteiger partial charge >= 0.3 is 0 Å². The third-order valence-corrected chi connectivity index (χ3v) is 4.98. The van der Waals surface area contributed by atoms with Crippen LogP contribution in [0.1, 0.15) is 10.4 Å². The monoisotopic (exact) mass is 361 g/mol.